The maximum atomic E-state index is 12.2. The number of hydrogen-bond donors (Lipinski definition) is 1. The lowest BCUT2D eigenvalue weighted by molar-refractivity contribution is -0.274. The van der Waals surface area contributed by atoms with Crippen LogP contribution in [0.5, 0.6) is 5.75 Å². The lowest BCUT2D eigenvalue weighted by Crippen LogP contribution is -2.25. The highest BCUT2D eigenvalue weighted by Gasteiger charge is 2.30. The molecule has 1 heterocycles. The number of nitrogens with zero attached hydrogens (tertiary/aromatic N) is 1. The molecule has 8 heteroatoms. The molecular weight excluding hydrogens is 313 g/mol. The first-order chi connectivity index (χ1) is 10.8. The van der Waals surface area contributed by atoms with E-state index >= 15 is 0 Å². The zero-order valence-corrected chi connectivity index (χ0v) is 12.3. The van der Waals surface area contributed by atoms with Crippen LogP contribution < -0.4 is 10.5 Å². The minimum Gasteiger partial charge on any atom is -0.467 e. The summed E-state index contributed by atoms with van der Waals surface area (Å²) in [5.74, 6) is -0.0860. The minimum atomic E-state index is -4.73. The van der Waals surface area contributed by atoms with Crippen molar-refractivity contribution in [2.75, 3.05) is 7.05 Å². The molecule has 0 atom stereocenters. The van der Waals surface area contributed by atoms with Crippen LogP contribution in [0.2, 0.25) is 0 Å². The number of rotatable bonds is 5. The van der Waals surface area contributed by atoms with Crippen LogP contribution in [0, 0.1) is 0 Å². The molecule has 0 saturated carbocycles. The van der Waals surface area contributed by atoms with Gasteiger partial charge in [-0.15, -0.1) is 13.2 Å². The highest BCUT2D eigenvalue weighted by molar-refractivity contribution is 5.93. The van der Waals surface area contributed by atoms with E-state index < -0.39 is 6.36 Å². The third-order valence-electron chi connectivity index (χ3n) is 3.03. The molecule has 1 aromatic carbocycles. The Bertz CT molecular complexity index is 665. The molecule has 5 nitrogen and oxygen atoms in total. The Morgan fingerprint density at radius 2 is 1.96 bits per heavy atom. The Hall–Kier alpha value is -2.48. The fourth-order valence-corrected chi connectivity index (χ4v) is 1.96. The van der Waals surface area contributed by atoms with Crippen molar-refractivity contribution in [3.05, 3.63) is 53.5 Å². The van der Waals surface area contributed by atoms with Gasteiger partial charge >= 0.3 is 6.36 Å². The smallest absolute Gasteiger partial charge is 0.467 e. The molecule has 2 rings (SSSR count). The number of halogens is 3. The summed E-state index contributed by atoms with van der Waals surface area (Å²) in [5.41, 5.74) is 6.44. The molecule has 1 aromatic heterocycles. The van der Waals surface area contributed by atoms with Crippen molar-refractivity contribution in [3.8, 4) is 5.75 Å². The SMILES string of the molecule is CN(Cc1ccc(OC(F)(F)F)cc1)C(=O)c1coc(CN)c1. The number of amides is 1. The Kier molecular flexibility index (Phi) is 4.95. The fraction of sp³-hybridized carbons (Fsp3) is 0.267. The van der Waals surface area contributed by atoms with Gasteiger partial charge < -0.3 is 19.8 Å². The summed E-state index contributed by atoms with van der Waals surface area (Å²) in [7, 11) is 1.58. The van der Waals surface area contributed by atoms with Gasteiger partial charge in [0, 0.05) is 13.6 Å². The molecule has 0 fully saturated rings. The molecule has 2 N–H and O–H groups in total. The first kappa shape index (κ1) is 16.9. The molecular formula is C15H15F3N2O3. The van der Waals surface area contributed by atoms with E-state index in [0.717, 1.165) is 0 Å². The molecule has 0 bridgehead atoms. The van der Waals surface area contributed by atoms with Crippen LogP contribution in [0.1, 0.15) is 21.7 Å². The normalized spacial score (nSPS) is 11.3. The molecule has 0 aliphatic heterocycles. The Balaban J connectivity index is 1.99. The van der Waals surface area contributed by atoms with Gasteiger partial charge in [-0.05, 0) is 23.8 Å². The van der Waals surface area contributed by atoms with Crippen molar-refractivity contribution >= 4 is 5.91 Å². The Morgan fingerprint density at radius 3 is 2.48 bits per heavy atom. The predicted molar refractivity (Wildman–Crippen MR) is 75.5 cm³/mol. The van der Waals surface area contributed by atoms with Gasteiger partial charge in [0.1, 0.15) is 17.8 Å². The average Bonchev–Trinajstić information content (AvgIpc) is 2.96. The highest BCUT2D eigenvalue weighted by atomic mass is 19.4. The van der Waals surface area contributed by atoms with Gasteiger partial charge in [0.05, 0.1) is 12.1 Å². The molecule has 0 spiro atoms. The van der Waals surface area contributed by atoms with Gasteiger partial charge in [0.15, 0.2) is 0 Å². The topological polar surface area (TPSA) is 68.7 Å². The quantitative estimate of drug-likeness (QED) is 0.916. The van der Waals surface area contributed by atoms with Crippen LogP contribution in [-0.4, -0.2) is 24.2 Å². The summed E-state index contributed by atoms with van der Waals surface area (Å²) in [5, 5.41) is 0. The molecule has 1 amide bonds. The van der Waals surface area contributed by atoms with Crippen LogP contribution >= 0.6 is 0 Å². The maximum absolute atomic E-state index is 12.2. The van der Waals surface area contributed by atoms with Crippen LogP contribution in [-0.2, 0) is 13.1 Å². The van der Waals surface area contributed by atoms with Crippen molar-refractivity contribution in [2.45, 2.75) is 19.5 Å². The first-order valence-electron chi connectivity index (χ1n) is 6.66. The number of ether oxygens (including phenoxy) is 1. The predicted octanol–water partition coefficient (Wildman–Crippen LogP) is 2.91. The second-order valence-electron chi connectivity index (χ2n) is 4.86. The number of alkyl halides is 3. The molecule has 0 aliphatic carbocycles. The summed E-state index contributed by atoms with van der Waals surface area (Å²) >= 11 is 0. The lowest BCUT2D eigenvalue weighted by Gasteiger charge is -2.16. The molecule has 23 heavy (non-hydrogen) atoms. The fourth-order valence-electron chi connectivity index (χ4n) is 1.96. The summed E-state index contributed by atoms with van der Waals surface area (Å²) in [4.78, 5) is 13.6. The number of hydrogen-bond acceptors (Lipinski definition) is 4. The van der Waals surface area contributed by atoms with E-state index in [-0.39, 0.29) is 24.7 Å². The number of nitrogens with two attached hydrogens (primary N) is 1. The van der Waals surface area contributed by atoms with Gasteiger partial charge in [-0.25, -0.2) is 0 Å². The second kappa shape index (κ2) is 6.74. The van der Waals surface area contributed by atoms with E-state index in [1.807, 2.05) is 0 Å². The molecule has 0 aliphatic rings. The van der Waals surface area contributed by atoms with Crippen LogP contribution in [0.3, 0.4) is 0 Å². The summed E-state index contributed by atoms with van der Waals surface area (Å²) in [6.07, 6.45) is -3.41. The van der Waals surface area contributed by atoms with Crippen LogP contribution in [0.4, 0.5) is 13.2 Å². The van der Waals surface area contributed by atoms with Gasteiger partial charge in [0.25, 0.3) is 5.91 Å². The van der Waals surface area contributed by atoms with E-state index in [4.69, 9.17) is 10.2 Å². The largest absolute Gasteiger partial charge is 0.573 e. The summed E-state index contributed by atoms with van der Waals surface area (Å²) in [6.45, 7) is 0.423. The van der Waals surface area contributed by atoms with E-state index in [2.05, 4.69) is 4.74 Å². The summed E-state index contributed by atoms with van der Waals surface area (Å²) in [6, 6.07) is 6.88. The van der Waals surface area contributed by atoms with E-state index in [0.29, 0.717) is 16.9 Å². The third kappa shape index (κ3) is 4.75. The number of carbonyl (C=O) groups excluding carboxylic acids is 1. The molecule has 0 radical (unpaired) electrons. The third-order valence-corrected chi connectivity index (χ3v) is 3.03. The zero-order valence-electron chi connectivity index (χ0n) is 12.3. The van der Waals surface area contributed by atoms with Gasteiger partial charge in [-0.1, -0.05) is 12.1 Å². The lowest BCUT2D eigenvalue weighted by atomic mass is 10.2. The Morgan fingerprint density at radius 1 is 1.30 bits per heavy atom. The highest BCUT2D eigenvalue weighted by Crippen LogP contribution is 2.23. The average molecular weight is 328 g/mol. The van der Waals surface area contributed by atoms with Crippen LogP contribution in [0.15, 0.2) is 41.0 Å². The zero-order chi connectivity index (χ0) is 17.0. The van der Waals surface area contributed by atoms with Crippen molar-refractivity contribution in [3.63, 3.8) is 0 Å². The first-order valence-corrected chi connectivity index (χ1v) is 6.66. The standard InChI is InChI=1S/C15H15F3N2O3/c1-20(14(21)11-6-13(7-19)22-9-11)8-10-2-4-12(5-3-10)23-15(16,17)18/h2-6,9H,7-8,19H2,1H3. The molecule has 0 saturated heterocycles. The van der Waals surface area contributed by atoms with Crippen molar-refractivity contribution in [2.24, 2.45) is 5.73 Å². The maximum Gasteiger partial charge on any atom is 0.573 e. The second-order valence-corrected chi connectivity index (χ2v) is 4.86. The van der Waals surface area contributed by atoms with Crippen molar-refractivity contribution in [1.29, 1.82) is 0 Å². The van der Waals surface area contributed by atoms with Gasteiger partial charge in [-0.2, -0.15) is 0 Å². The number of furan rings is 1. The van der Waals surface area contributed by atoms with Gasteiger partial charge in [0.2, 0.25) is 0 Å². The van der Waals surface area contributed by atoms with Gasteiger partial charge in [-0.3, -0.25) is 4.79 Å². The number of benzene rings is 1. The van der Waals surface area contributed by atoms with E-state index in [1.165, 1.54) is 35.4 Å². The number of carbonyl (C=O) groups is 1. The monoisotopic (exact) mass is 328 g/mol. The molecule has 2 aromatic rings. The van der Waals surface area contributed by atoms with Crippen molar-refractivity contribution < 1.29 is 27.1 Å². The van der Waals surface area contributed by atoms with E-state index in [1.54, 1.807) is 13.1 Å². The minimum absolute atomic E-state index is 0.192. The van der Waals surface area contributed by atoms with E-state index in [9.17, 15) is 18.0 Å². The molecule has 0 unspecified atom stereocenters. The Labute approximate surface area is 130 Å². The van der Waals surface area contributed by atoms with Crippen molar-refractivity contribution in [1.82, 2.24) is 4.90 Å². The summed E-state index contributed by atoms with van der Waals surface area (Å²) < 4.78 is 45.1. The molecule has 124 valence electrons. The van der Waals surface area contributed by atoms with Crippen LogP contribution in [0.25, 0.3) is 0 Å².